The van der Waals surface area contributed by atoms with Gasteiger partial charge in [0.15, 0.2) is 0 Å². The SMILES string of the molecule is CC(C)(C)C1([N+](=O)[O-])C=CC=CC1O. The van der Waals surface area contributed by atoms with Crippen molar-refractivity contribution in [2.24, 2.45) is 5.41 Å². The molecule has 0 spiro atoms. The molecule has 0 saturated heterocycles. The fraction of sp³-hybridized carbons (Fsp3) is 0.600. The number of hydrogen-bond acceptors (Lipinski definition) is 3. The van der Waals surface area contributed by atoms with Gasteiger partial charge in [0.1, 0.15) is 6.10 Å². The minimum Gasteiger partial charge on any atom is -0.381 e. The molecule has 1 aliphatic rings. The molecular formula is C10H15NO3. The predicted octanol–water partition coefficient (Wildman–Crippen LogP) is 1.53. The van der Waals surface area contributed by atoms with E-state index in [0.29, 0.717) is 0 Å². The van der Waals surface area contributed by atoms with Gasteiger partial charge >= 0.3 is 0 Å². The van der Waals surface area contributed by atoms with Crippen molar-refractivity contribution in [3.8, 4) is 0 Å². The first-order valence-corrected chi connectivity index (χ1v) is 4.51. The Bertz CT molecular complexity index is 301. The summed E-state index contributed by atoms with van der Waals surface area (Å²) in [5.41, 5.74) is -2.04. The molecule has 0 aliphatic heterocycles. The van der Waals surface area contributed by atoms with Crippen molar-refractivity contribution < 1.29 is 10.0 Å². The molecule has 0 aromatic rings. The van der Waals surface area contributed by atoms with Crippen LogP contribution < -0.4 is 0 Å². The minimum absolute atomic E-state index is 0.405. The van der Waals surface area contributed by atoms with Gasteiger partial charge in [0, 0.05) is 10.3 Å². The van der Waals surface area contributed by atoms with Gasteiger partial charge in [-0.05, 0) is 12.2 Å². The molecule has 4 heteroatoms. The predicted molar refractivity (Wildman–Crippen MR) is 53.5 cm³/mol. The van der Waals surface area contributed by atoms with Crippen molar-refractivity contribution in [2.45, 2.75) is 32.4 Å². The monoisotopic (exact) mass is 197 g/mol. The van der Waals surface area contributed by atoms with E-state index in [-0.39, 0.29) is 0 Å². The fourth-order valence-electron chi connectivity index (χ4n) is 1.75. The van der Waals surface area contributed by atoms with E-state index in [4.69, 9.17) is 0 Å². The van der Waals surface area contributed by atoms with E-state index in [1.54, 1.807) is 32.9 Å². The van der Waals surface area contributed by atoms with Gasteiger partial charge in [-0.25, -0.2) is 0 Å². The Hall–Kier alpha value is -1.16. The number of aliphatic hydroxyl groups excluding tert-OH is 1. The van der Waals surface area contributed by atoms with Gasteiger partial charge in [0.25, 0.3) is 5.54 Å². The maximum absolute atomic E-state index is 11.1. The molecule has 14 heavy (non-hydrogen) atoms. The highest BCUT2D eigenvalue weighted by Crippen LogP contribution is 2.39. The molecule has 0 fully saturated rings. The van der Waals surface area contributed by atoms with Crippen molar-refractivity contribution in [3.63, 3.8) is 0 Å². The quantitative estimate of drug-likeness (QED) is 0.512. The van der Waals surface area contributed by atoms with Crippen LogP contribution >= 0.6 is 0 Å². The molecule has 1 rings (SSSR count). The summed E-state index contributed by atoms with van der Waals surface area (Å²) in [5, 5.41) is 20.8. The third-order valence-electron chi connectivity index (χ3n) is 2.71. The van der Waals surface area contributed by atoms with E-state index in [1.165, 1.54) is 12.2 Å². The Morgan fingerprint density at radius 2 is 2.00 bits per heavy atom. The average molecular weight is 197 g/mol. The second kappa shape index (κ2) is 3.20. The minimum atomic E-state index is -1.41. The number of hydrogen-bond donors (Lipinski definition) is 1. The zero-order valence-electron chi connectivity index (χ0n) is 8.60. The van der Waals surface area contributed by atoms with Crippen LogP contribution in [-0.4, -0.2) is 21.7 Å². The normalized spacial score (nSPS) is 31.9. The topological polar surface area (TPSA) is 63.4 Å². The fourth-order valence-corrected chi connectivity index (χ4v) is 1.75. The molecule has 4 nitrogen and oxygen atoms in total. The summed E-state index contributed by atoms with van der Waals surface area (Å²) in [5.74, 6) is 0. The van der Waals surface area contributed by atoms with E-state index in [1.807, 2.05) is 0 Å². The maximum atomic E-state index is 11.1. The number of nitro groups is 1. The van der Waals surface area contributed by atoms with Crippen molar-refractivity contribution in [1.82, 2.24) is 0 Å². The van der Waals surface area contributed by atoms with Gasteiger partial charge in [-0.15, -0.1) is 0 Å². The highest BCUT2D eigenvalue weighted by molar-refractivity contribution is 5.25. The lowest BCUT2D eigenvalue weighted by Crippen LogP contribution is -2.57. The van der Waals surface area contributed by atoms with E-state index in [2.05, 4.69) is 0 Å². The number of nitrogens with zero attached hydrogens (tertiary/aromatic N) is 1. The molecule has 1 N–H and O–H groups in total. The van der Waals surface area contributed by atoms with Gasteiger partial charge in [-0.3, -0.25) is 10.1 Å². The van der Waals surface area contributed by atoms with Gasteiger partial charge in [-0.1, -0.05) is 32.9 Å². The van der Waals surface area contributed by atoms with Crippen LogP contribution in [0.3, 0.4) is 0 Å². The van der Waals surface area contributed by atoms with Gasteiger partial charge in [0.2, 0.25) is 0 Å². The Morgan fingerprint density at radius 1 is 1.43 bits per heavy atom. The lowest BCUT2D eigenvalue weighted by atomic mass is 9.69. The maximum Gasteiger partial charge on any atom is 0.274 e. The van der Waals surface area contributed by atoms with Gasteiger partial charge < -0.3 is 5.11 Å². The van der Waals surface area contributed by atoms with Crippen LogP contribution in [0, 0.1) is 15.5 Å². The average Bonchev–Trinajstić information content (AvgIpc) is 2.02. The summed E-state index contributed by atoms with van der Waals surface area (Å²) in [4.78, 5) is 10.7. The zero-order chi connectivity index (χ0) is 11.0. The van der Waals surface area contributed by atoms with E-state index >= 15 is 0 Å². The standard InChI is InChI=1S/C10H15NO3/c1-9(2,3)10(11(13)14)7-5-4-6-8(10)12/h4-8,12H,1-3H3. The molecule has 1 aliphatic carbocycles. The van der Waals surface area contributed by atoms with Crippen LogP contribution in [0.2, 0.25) is 0 Å². The first-order valence-electron chi connectivity index (χ1n) is 4.51. The molecule has 0 radical (unpaired) electrons. The lowest BCUT2D eigenvalue weighted by molar-refractivity contribution is -0.584. The van der Waals surface area contributed by atoms with Crippen LogP contribution in [0.15, 0.2) is 24.3 Å². The summed E-state index contributed by atoms with van der Waals surface area (Å²) in [6.07, 6.45) is 5.09. The summed E-state index contributed by atoms with van der Waals surface area (Å²) in [6, 6.07) is 0. The largest absolute Gasteiger partial charge is 0.381 e. The molecule has 2 unspecified atom stereocenters. The van der Waals surface area contributed by atoms with Crippen LogP contribution in [0.1, 0.15) is 20.8 Å². The van der Waals surface area contributed by atoms with Crippen LogP contribution in [0.4, 0.5) is 0 Å². The third kappa shape index (κ3) is 1.35. The zero-order valence-corrected chi connectivity index (χ0v) is 8.60. The van der Waals surface area contributed by atoms with Crippen molar-refractivity contribution in [1.29, 1.82) is 0 Å². The molecule has 0 aromatic carbocycles. The molecule has 2 atom stereocenters. The number of allylic oxidation sites excluding steroid dienone is 2. The summed E-state index contributed by atoms with van der Waals surface area (Å²) >= 11 is 0. The van der Waals surface area contributed by atoms with Crippen molar-refractivity contribution in [3.05, 3.63) is 34.4 Å². The molecule has 0 amide bonds. The Balaban J connectivity index is 3.25. The van der Waals surface area contributed by atoms with Crippen LogP contribution in [-0.2, 0) is 0 Å². The number of aliphatic hydroxyl groups is 1. The Labute approximate surface area is 83.1 Å². The van der Waals surface area contributed by atoms with E-state index in [9.17, 15) is 15.2 Å². The molecule has 78 valence electrons. The Morgan fingerprint density at radius 3 is 2.29 bits per heavy atom. The first-order chi connectivity index (χ1) is 6.32. The third-order valence-corrected chi connectivity index (χ3v) is 2.71. The van der Waals surface area contributed by atoms with Crippen molar-refractivity contribution >= 4 is 0 Å². The second-order valence-electron chi connectivity index (χ2n) is 4.52. The molecule has 0 bridgehead atoms. The first kappa shape index (κ1) is 10.9. The van der Waals surface area contributed by atoms with Gasteiger partial charge in [-0.2, -0.15) is 0 Å². The Kier molecular flexibility index (Phi) is 2.50. The van der Waals surface area contributed by atoms with Crippen LogP contribution in [0.25, 0.3) is 0 Å². The highest BCUT2D eigenvalue weighted by Gasteiger charge is 2.56. The number of rotatable bonds is 1. The molecule has 0 aromatic heterocycles. The van der Waals surface area contributed by atoms with Crippen molar-refractivity contribution in [2.75, 3.05) is 0 Å². The summed E-state index contributed by atoms with van der Waals surface area (Å²) < 4.78 is 0. The smallest absolute Gasteiger partial charge is 0.274 e. The summed E-state index contributed by atoms with van der Waals surface area (Å²) in [7, 11) is 0. The van der Waals surface area contributed by atoms with E-state index < -0.39 is 22.0 Å². The highest BCUT2D eigenvalue weighted by atomic mass is 16.6. The molecule has 0 heterocycles. The second-order valence-corrected chi connectivity index (χ2v) is 4.52. The molecular weight excluding hydrogens is 182 g/mol. The van der Waals surface area contributed by atoms with E-state index in [0.717, 1.165) is 0 Å². The molecule has 0 saturated carbocycles. The van der Waals surface area contributed by atoms with Gasteiger partial charge in [0.05, 0.1) is 0 Å². The lowest BCUT2D eigenvalue weighted by Gasteiger charge is -2.37. The van der Waals surface area contributed by atoms with Crippen LogP contribution in [0.5, 0.6) is 0 Å². The summed E-state index contributed by atoms with van der Waals surface area (Å²) in [6.45, 7) is 5.26.